The summed E-state index contributed by atoms with van der Waals surface area (Å²) in [7, 11) is 1.53. The zero-order chi connectivity index (χ0) is 19.1. The van der Waals surface area contributed by atoms with E-state index in [-0.39, 0.29) is 5.57 Å². The van der Waals surface area contributed by atoms with E-state index in [4.69, 9.17) is 21.1 Å². The monoisotopic (exact) mass is 434 g/mol. The van der Waals surface area contributed by atoms with Crippen molar-refractivity contribution < 1.29 is 14.3 Å². The predicted octanol–water partition coefficient (Wildman–Crippen LogP) is 5.06. The van der Waals surface area contributed by atoms with Gasteiger partial charge in [0.25, 0.3) is 5.91 Å². The van der Waals surface area contributed by atoms with Crippen LogP contribution in [-0.4, -0.2) is 19.6 Å². The molecular weight excluding hydrogens is 420 g/mol. The first-order valence-electron chi connectivity index (χ1n) is 7.67. The summed E-state index contributed by atoms with van der Waals surface area (Å²) < 4.78 is 11.5. The molecule has 1 N–H and O–H groups in total. The van der Waals surface area contributed by atoms with Crippen molar-refractivity contribution in [2.24, 2.45) is 0 Å². The van der Waals surface area contributed by atoms with Crippen molar-refractivity contribution in [1.29, 1.82) is 5.26 Å². The molecule has 2 aromatic carbocycles. The molecule has 0 bridgehead atoms. The van der Waals surface area contributed by atoms with Crippen LogP contribution >= 0.6 is 27.5 Å². The van der Waals surface area contributed by atoms with Gasteiger partial charge in [0.1, 0.15) is 11.6 Å². The Morgan fingerprint density at radius 1 is 1.31 bits per heavy atom. The number of ether oxygens (including phenoxy) is 2. The molecule has 0 aromatic heterocycles. The van der Waals surface area contributed by atoms with Gasteiger partial charge >= 0.3 is 0 Å². The van der Waals surface area contributed by atoms with Crippen LogP contribution in [0.4, 0.5) is 5.69 Å². The minimum absolute atomic E-state index is 0.0600. The van der Waals surface area contributed by atoms with Gasteiger partial charge < -0.3 is 14.8 Å². The number of nitriles is 1. The van der Waals surface area contributed by atoms with Gasteiger partial charge in [-0.2, -0.15) is 5.26 Å². The Bertz CT molecular complexity index is 891. The number of nitrogens with zero attached hydrogens (tertiary/aromatic N) is 1. The molecule has 0 aliphatic rings. The molecule has 0 aliphatic carbocycles. The highest BCUT2D eigenvalue weighted by Crippen LogP contribution is 2.29. The number of methoxy groups -OCH3 is 1. The Morgan fingerprint density at radius 3 is 2.69 bits per heavy atom. The summed E-state index contributed by atoms with van der Waals surface area (Å²) in [6, 6.07) is 12.1. The van der Waals surface area contributed by atoms with Crippen LogP contribution in [0.3, 0.4) is 0 Å². The number of carbonyl (C=O) groups excluding carboxylic acids is 1. The minimum Gasteiger partial charge on any atom is -0.493 e. The molecule has 0 fully saturated rings. The molecule has 134 valence electrons. The SMILES string of the molecule is CCOc1ccc(/C=C(\C#N)C(=O)Nc2ccc(Br)cc2Cl)cc1OC. The lowest BCUT2D eigenvalue weighted by Crippen LogP contribution is -2.13. The van der Waals surface area contributed by atoms with Gasteiger partial charge in [-0.1, -0.05) is 33.6 Å². The summed E-state index contributed by atoms with van der Waals surface area (Å²) in [5.74, 6) is 0.565. The number of carbonyl (C=O) groups is 1. The van der Waals surface area contributed by atoms with Gasteiger partial charge in [0.05, 0.1) is 24.4 Å². The molecule has 0 spiro atoms. The molecule has 0 radical (unpaired) electrons. The first-order chi connectivity index (χ1) is 12.5. The lowest BCUT2D eigenvalue weighted by molar-refractivity contribution is -0.112. The number of hydrogen-bond donors (Lipinski definition) is 1. The second-order valence-electron chi connectivity index (χ2n) is 5.09. The maximum absolute atomic E-state index is 12.4. The molecule has 26 heavy (non-hydrogen) atoms. The summed E-state index contributed by atoms with van der Waals surface area (Å²) in [6.45, 7) is 2.38. The summed E-state index contributed by atoms with van der Waals surface area (Å²) in [5.41, 5.74) is 0.999. The lowest BCUT2D eigenvalue weighted by Gasteiger charge is -2.10. The molecule has 1 amide bonds. The van der Waals surface area contributed by atoms with Crippen molar-refractivity contribution in [1.82, 2.24) is 0 Å². The first-order valence-corrected chi connectivity index (χ1v) is 8.84. The molecule has 0 heterocycles. The average Bonchev–Trinajstić information content (AvgIpc) is 2.63. The Labute approximate surface area is 165 Å². The van der Waals surface area contributed by atoms with Crippen molar-refractivity contribution in [3.8, 4) is 17.6 Å². The molecule has 0 saturated heterocycles. The van der Waals surface area contributed by atoms with Crippen LogP contribution in [0.15, 0.2) is 46.4 Å². The van der Waals surface area contributed by atoms with Crippen LogP contribution < -0.4 is 14.8 Å². The Morgan fingerprint density at radius 2 is 2.08 bits per heavy atom. The molecule has 0 atom stereocenters. The van der Waals surface area contributed by atoms with Crippen LogP contribution in [0, 0.1) is 11.3 Å². The van der Waals surface area contributed by atoms with Gasteiger partial charge in [-0.15, -0.1) is 0 Å². The van der Waals surface area contributed by atoms with Crippen LogP contribution in [0.25, 0.3) is 6.08 Å². The summed E-state index contributed by atoms with van der Waals surface area (Å²) in [5, 5.41) is 12.3. The number of nitrogens with one attached hydrogen (secondary N) is 1. The fourth-order valence-corrected chi connectivity index (χ4v) is 2.87. The third-order valence-electron chi connectivity index (χ3n) is 3.34. The van der Waals surface area contributed by atoms with Crippen molar-refractivity contribution in [3.63, 3.8) is 0 Å². The number of benzene rings is 2. The number of anilines is 1. The van der Waals surface area contributed by atoms with E-state index in [1.807, 2.05) is 13.0 Å². The van der Waals surface area contributed by atoms with Crippen molar-refractivity contribution in [2.75, 3.05) is 19.0 Å². The fraction of sp³-hybridized carbons (Fsp3) is 0.158. The molecule has 2 rings (SSSR count). The summed E-state index contributed by atoms with van der Waals surface area (Å²) in [6.07, 6.45) is 1.47. The molecule has 7 heteroatoms. The van der Waals surface area contributed by atoms with Crippen molar-refractivity contribution >= 4 is 45.2 Å². The van der Waals surface area contributed by atoms with E-state index in [1.54, 1.807) is 36.4 Å². The summed E-state index contributed by atoms with van der Waals surface area (Å²) >= 11 is 9.39. The predicted molar refractivity (Wildman–Crippen MR) is 106 cm³/mol. The van der Waals surface area contributed by atoms with E-state index >= 15 is 0 Å². The number of rotatable bonds is 6. The highest BCUT2D eigenvalue weighted by atomic mass is 79.9. The van der Waals surface area contributed by atoms with E-state index in [9.17, 15) is 10.1 Å². The van der Waals surface area contributed by atoms with Crippen LogP contribution in [0.1, 0.15) is 12.5 Å². The van der Waals surface area contributed by atoms with Crippen molar-refractivity contribution in [3.05, 3.63) is 57.0 Å². The highest BCUT2D eigenvalue weighted by molar-refractivity contribution is 9.10. The molecule has 5 nitrogen and oxygen atoms in total. The van der Waals surface area contributed by atoms with Crippen LogP contribution in [-0.2, 0) is 4.79 Å². The molecular formula is C19H16BrClN2O3. The van der Waals surface area contributed by atoms with Gasteiger partial charge in [0, 0.05) is 4.47 Å². The van der Waals surface area contributed by atoms with E-state index in [2.05, 4.69) is 21.2 Å². The van der Waals surface area contributed by atoms with Gasteiger partial charge in [0.2, 0.25) is 0 Å². The third-order valence-corrected chi connectivity index (χ3v) is 4.15. The minimum atomic E-state index is -0.551. The third kappa shape index (κ3) is 5.01. The standard InChI is InChI=1S/C19H16BrClN2O3/c1-3-26-17-7-4-12(9-18(17)25-2)8-13(11-22)19(24)23-16-6-5-14(20)10-15(16)21/h4-10H,3H2,1-2H3,(H,23,24)/b13-8+. The maximum atomic E-state index is 12.4. The Balaban J connectivity index is 2.26. The van der Waals surface area contributed by atoms with E-state index in [0.717, 1.165) is 4.47 Å². The molecule has 0 unspecified atom stereocenters. The second-order valence-corrected chi connectivity index (χ2v) is 6.41. The quantitative estimate of drug-likeness (QED) is 0.509. The number of hydrogen-bond acceptors (Lipinski definition) is 4. The lowest BCUT2D eigenvalue weighted by atomic mass is 10.1. The topological polar surface area (TPSA) is 71.3 Å². The number of amides is 1. The van der Waals surface area contributed by atoms with E-state index in [1.165, 1.54) is 13.2 Å². The molecule has 2 aromatic rings. The smallest absolute Gasteiger partial charge is 0.266 e. The van der Waals surface area contributed by atoms with E-state index < -0.39 is 5.91 Å². The Kier molecular flexibility index (Phi) is 7.07. The van der Waals surface area contributed by atoms with Gasteiger partial charge in [-0.05, 0) is 48.9 Å². The van der Waals surface area contributed by atoms with Crippen LogP contribution in [0.5, 0.6) is 11.5 Å². The average molecular weight is 436 g/mol. The maximum Gasteiger partial charge on any atom is 0.266 e. The zero-order valence-electron chi connectivity index (χ0n) is 14.2. The van der Waals surface area contributed by atoms with E-state index in [0.29, 0.717) is 34.4 Å². The zero-order valence-corrected chi connectivity index (χ0v) is 16.5. The van der Waals surface area contributed by atoms with Crippen molar-refractivity contribution in [2.45, 2.75) is 6.92 Å². The van der Waals surface area contributed by atoms with Gasteiger partial charge in [0.15, 0.2) is 11.5 Å². The fourth-order valence-electron chi connectivity index (χ4n) is 2.14. The number of halogens is 2. The van der Waals surface area contributed by atoms with Gasteiger partial charge in [-0.3, -0.25) is 4.79 Å². The molecule has 0 saturated carbocycles. The first kappa shape index (κ1) is 19.8. The second kappa shape index (κ2) is 9.27. The largest absolute Gasteiger partial charge is 0.493 e. The Hall–Kier alpha value is -2.49. The highest BCUT2D eigenvalue weighted by Gasteiger charge is 2.13. The molecule has 0 aliphatic heterocycles. The van der Waals surface area contributed by atoms with Crippen LogP contribution in [0.2, 0.25) is 5.02 Å². The summed E-state index contributed by atoms with van der Waals surface area (Å²) in [4.78, 5) is 12.4. The normalized spacial score (nSPS) is 10.8. The van der Waals surface area contributed by atoms with Gasteiger partial charge in [-0.25, -0.2) is 0 Å².